The van der Waals surface area contributed by atoms with Gasteiger partial charge >= 0.3 is 0 Å². The lowest BCUT2D eigenvalue weighted by molar-refractivity contribution is 0.0971. The summed E-state index contributed by atoms with van der Waals surface area (Å²) in [5.74, 6) is 1.98. The van der Waals surface area contributed by atoms with E-state index < -0.39 is 0 Å². The maximum Gasteiger partial charge on any atom is 0.214 e. The van der Waals surface area contributed by atoms with Gasteiger partial charge in [-0.15, -0.1) is 0 Å². The van der Waals surface area contributed by atoms with Gasteiger partial charge in [0.05, 0.1) is 0 Å². The predicted octanol–water partition coefficient (Wildman–Crippen LogP) is 3.40. The number of allylic oxidation sites excluding steroid dienone is 1. The summed E-state index contributed by atoms with van der Waals surface area (Å²) >= 11 is 0. The van der Waals surface area contributed by atoms with Crippen LogP contribution in [-0.2, 0) is 7.05 Å². The molecule has 0 spiro atoms. The third-order valence-electron chi connectivity index (χ3n) is 5.88. The van der Waals surface area contributed by atoms with Crippen LogP contribution in [0.1, 0.15) is 63.6 Å². The number of nitrogens with zero attached hydrogens (tertiary/aromatic N) is 2. The lowest BCUT2D eigenvalue weighted by Crippen LogP contribution is -2.22. The van der Waals surface area contributed by atoms with Gasteiger partial charge < -0.3 is 4.57 Å². The first-order chi connectivity index (χ1) is 11.6. The summed E-state index contributed by atoms with van der Waals surface area (Å²) < 4.78 is 1.80. The number of ketones is 2. The summed E-state index contributed by atoms with van der Waals surface area (Å²) in [6.07, 6.45) is 7.16. The van der Waals surface area contributed by atoms with Crippen molar-refractivity contribution in [2.75, 3.05) is 0 Å². The lowest BCUT2D eigenvalue weighted by atomic mass is 9.90. The van der Waals surface area contributed by atoms with Crippen LogP contribution in [0.25, 0.3) is 6.08 Å². The Morgan fingerprint density at radius 3 is 2.54 bits per heavy atom. The Bertz CT molecular complexity index is 935. The van der Waals surface area contributed by atoms with Crippen LogP contribution in [-0.4, -0.2) is 21.1 Å². The average molecular weight is 318 g/mol. The molecule has 0 aliphatic heterocycles. The number of carbonyl (C=O) groups is 2. The van der Waals surface area contributed by atoms with E-state index in [2.05, 4.69) is 11.1 Å². The number of imidazole rings is 1. The number of fused-ring (bicyclic) bond motifs is 4. The van der Waals surface area contributed by atoms with E-state index in [0.29, 0.717) is 28.4 Å². The van der Waals surface area contributed by atoms with Crippen molar-refractivity contribution in [1.29, 1.82) is 0 Å². The molecule has 120 valence electrons. The highest BCUT2D eigenvalue weighted by Crippen LogP contribution is 2.48. The summed E-state index contributed by atoms with van der Waals surface area (Å²) in [6, 6.07) is 7.01. The summed E-state index contributed by atoms with van der Waals surface area (Å²) in [5, 5.41) is 0. The zero-order valence-electron chi connectivity index (χ0n) is 13.6. The summed E-state index contributed by atoms with van der Waals surface area (Å²) in [4.78, 5) is 30.1. The first kappa shape index (κ1) is 13.9. The quantitative estimate of drug-likeness (QED) is 0.691. The average Bonchev–Trinajstić information content (AvgIpc) is 3.28. The third kappa shape index (κ3) is 1.77. The van der Waals surface area contributed by atoms with Gasteiger partial charge in [-0.2, -0.15) is 0 Å². The number of aromatic nitrogens is 2. The number of hydrogen-bond donors (Lipinski definition) is 0. The molecule has 1 aromatic carbocycles. The lowest BCUT2D eigenvalue weighted by Gasteiger charge is -2.14. The molecule has 5 rings (SSSR count). The van der Waals surface area contributed by atoms with Gasteiger partial charge in [-0.3, -0.25) is 9.59 Å². The molecule has 0 amide bonds. The van der Waals surface area contributed by atoms with Gasteiger partial charge in [0.15, 0.2) is 0 Å². The summed E-state index contributed by atoms with van der Waals surface area (Å²) in [5.41, 5.74) is 3.11. The largest absolute Gasteiger partial charge is 0.324 e. The minimum absolute atomic E-state index is 0.104. The van der Waals surface area contributed by atoms with E-state index >= 15 is 0 Å². The van der Waals surface area contributed by atoms with Crippen molar-refractivity contribution in [1.82, 2.24) is 9.55 Å². The van der Waals surface area contributed by atoms with E-state index in [4.69, 9.17) is 0 Å². The van der Waals surface area contributed by atoms with Crippen molar-refractivity contribution in [3.63, 3.8) is 0 Å². The molecular weight excluding hydrogens is 300 g/mol. The first-order valence-corrected chi connectivity index (χ1v) is 8.59. The molecule has 3 aliphatic carbocycles. The van der Waals surface area contributed by atoms with Gasteiger partial charge in [-0.1, -0.05) is 29.8 Å². The van der Waals surface area contributed by atoms with E-state index in [-0.39, 0.29) is 11.6 Å². The van der Waals surface area contributed by atoms with Crippen molar-refractivity contribution in [2.24, 2.45) is 18.9 Å². The molecule has 0 radical (unpaired) electrons. The van der Waals surface area contributed by atoms with E-state index in [9.17, 15) is 9.59 Å². The number of hydrogen-bond acceptors (Lipinski definition) is 3. The molecule has 2 atom stereocenters. The highest BCUT2D eigenvalue weighted by atomic mass is 16.1. The standard InChI is InChI=1S/C20H18N2O2/c1-22-16(10-13-9-11-6-7-12(13)8-11)21-17-18(22)20(24)15-5-3-2-4-14(15)19(17)23/h2-5,10-12H,6-9H2,1H3/b13-10+/t11-,12+/m1/s1. The van der Waals surface area contributed by atoms with Gasteiger partial charge in [0.25, 0.3) is 0 Å². The van der Waals surface area contributed by atoms with Crippen LogP contribution < -0.4 is 0 Å². The molecule has 1 aromatic heterocycles. The molecule has 2 fully saturated rings. The molecule has 24 heavy (non-hydrogen) atoms. The van der Waals surface area contributed by atoms with Gasteiger partial charge in [-0.05, 0) is 43.6 Å². The van der Waals surface area contributed by atoms with E-state index in [1.165, 1.54) is 24.8 Å². The molecule has 1 heterocycles. The Labute approximate surface area is 140 Å². The molecular formula is C20H18N2O2. The number of benzene rings is 1. The minimum Gasteiger partial charge on any atom is -0.324 e. The highest BCUT2D eigenvalue weighted by molar-refractivity contribution is 6.27. The molecule has 2 bridgehead atoms. The van der Waals surface area contributed by atoms with Crippen LogP contribution in [0.5, 0.6) is 0 Å². The second-order valence-electron chi connectivity index (χ2n) is 7.23. The molecule has 0 unspecified atom stereocenters. The molecule has 3 aliphatic rings. The Hall–Kier alpha value is -2.49. The van der Waals surface area contributed by atoms with Gasteiger partial charge in [0.1, 0.15) is 17.2 Å². The third-order valence-corrected chi connectivity index (χ3v) is 5.88. The van der Waals surface area contributed by atoms with Gasteiger partial charge in [0.2, 0.25) is 11.6 Å². The zero-order valence-corrected chi connectivity index (χ0v) is 13.6. The normalized spacial score (nSPS) is 26.1. The van der Waals surface area contributed by atoms with Crippen molar-refractivity contribution in [3.05, 3.63) is 58.2 Å². The molecule has 2 aromatic rings. The van der Waals surface area contributed by atoms with Crippen LogP contribution in [0.3, 0.4) is 0 Å². The molecule has 4 heteroatoms. The van der Waals surface area contributed by atoms with E-state index in [1.807, 2.05) is 7.05 Å². The molecule has 4 nitrogen and oxygen atoms in total. The fourth-order valence-electron chi connectivity index (χ4n) is 4.64. The van der Waals surface area contributed by atoms with E-state index in [0.717, 1.165) is 18.2 Å². The number of carbonyl (C=O) groups excluding carboxylic acids is 2. The predicted molar refractivity (Wildman–Crippen MR) is 89.9 cm³/mol. The van der Waals surface area contributed by atoms with Crippen LogP contribution in [0.15, 0.2) is 29.8 Å². The molecule has 0 saturated heterocycles. The Kier molecular flexibility index (Phi) is 2.76. The SMILES string of the molecule is Cn1c(/C=C2\C[C@@H]3CC[C@H]2C3)nc2c1C(=O)c1ccccc1C2=O. The fourth-order valence-corrected chi connectivity index (χ4v) is 4.64. The smallest absolute Gasteiger partial charge is 0.214 e. The zero-order chi connectivity index (χ0) is 16.4. The maximum atomic E-state index is 12.8. The van der Waals surface area contributed by atoms with Crippen molar-refractivity contribution in [2.45, 2.75) is 25.7 Å². The van der Waals surface area contributed by atoms with Crippen molar-refractivity contribution in [3.8, 4) is 0 Å². The van der Waals surface area contributed by atoms with Crippen molar-refractivity contribution < 1.29 is 9.59 Å². The Balaban J connectivity index is 1.63. The first-order valence-electron chi connectivity index (χ1n) is 8.59. The monoisotopic (exact) mass is 318 g/mol. The minimum atomic E-state index is -0.145. The second-order valence-corrected chi connectivity index (χ2v) is 7.23. The Morgan fingerprint density at radius 1 is 1.12 bits per heavy atom. The highest BCUT2D eigenvalue weighted by Gasteiger charge is 2.37. The van der Waals surface area contributed by atoms with Crippen LogP contribution in [0.4, 0.5) is 0 Å². The second kappa shape index (κ2) is 4.76. The summed E-state index contributed by atoms with van der Waals surface area (Å²) in [7, 11) is 1.84. The van der Waals surface area contributed by atoms with Crippen molar-refractivity contribution >= 4 is 17.6 Å². The van der Waals surface area contributed by atoms with Gasteiger partial charge in [0, 0.05) is 18.2 Å². The van der Waals surface area contributed by atoms with Crippen LogP contribution in [0.2, 0.25) is 0 Å². The summed E-state index contributed by atoms with van der Waals surface area (Å²) in [6.45, 7) is 0. The Morgan fingerprint density at radius 2 is 1.88 bits per heavy atom. The number of rotatable bonds is 1. The topological polar surface area (TPSA) is 52.0 Å². The fraction of sp³-hybridized carbons (Fsp3) is 0.350. The molecule has 0 N–H and O–H groups in total. The van der Waals surface area contributed by atoms with E-state index in [1.54, 1.807) is 28.8 Å². The maximum absolute atomic E-state index is 12.8. The van der Waals surface area contributed by atoms with Crippen LogP contribution >= 0.6 is 0 Å². The van der Waals surface area contributed by atoms with Crippen LogP contribution in [0, 0.1) is 11.8 Å². The molecule has 2 saturated carbocycles. The van der Waals surface area contributed by atoms with Gasteiger partial charge in [-0.25, -0.2) is 4.98 Å².